The first-order valence-electron chi connectivity index (χ1n) is 7.34. The van der Waals surface area contributed by atoms with E-state index in [2.05, 4.69) is 15.9 Å². The fraction of sp³-hybridized carbons (Fsp3) is 1.00. The third kappa shape index (κ3) is 3.94. The summed E-state index contributed by atoms with van der Waals surface area (Å²) >= 11 is 3.41. The van der Waals surface area contributed by atoms with Gasteiger partial charge in [-0.2, -0.15) is 17.0 Å². The molecule has 118 valence electrons. The Hall–Kier alpha value is 0.310. The normalized spacial score (nSPS) is 30.1. The van der Waals surface area contributed by atoms with Gasteiger partial charge in [0.05, 0.1) is 11.7 Å². The van der Waals surface area contributed by atoms with Crippen LogP contribution in [0, 0.1) is 0 Å². The third-order valence-corrected chi connectivity index (χ3v) is 6.51. The first-order chi connectivity index (χ1) is 9.35. The van der Waals surface area contributed by atoms with Crippen molar-refractivity contribution in [3.63, 3.8) is 0 Å². The molecular weight excluding hydrogens is 344 g/mol. The number of hydrogen-bond donors (Lipinski definition) is 0. The van der Waals surface area contributed by atoms with Crippen molar-refractivity contribution in [3.05, 3.63) is 0 Å². The lowest BCUT2D eigenvalue weighted by molar-refractivity contribution is -0.107. The van der Waals surface area contributed by atoms with E-state index in [0.717, 1.165) is 25.7 Å². The van der Waals surface area contributed by atoms with Crippen LogP contribution in [0.25, 0.3) is 0 Å². The Balaban J connectivity index is 2.14. The van der Waals surface area contributed by atoms with Gasteiger partial charge in [0.25, 0.3) is 10.2 Å². The number of alkyl halides is 1. The van der Waals surface area contributed by atoms with Crippen LogP contribution >= 0.6 is 15.9 Å². The Morgan fingerprint density at radius 3 is 2.30 bits per heavy atom. The van der Waals surface area contributed by atoms with Crippen molar-refractivity contribution in [1.82, 2.24) is 8.61 Å². The summed E-state index contributed by atoms with van der Waals surface area (Å²) < 4.78 is 34.8. The van der Waals surface area contributed by atoms with E-state index < -0.39 is 15.8 Å². The summed E-state index contributed by atoms with van der Waals surface area (Å²) in [6.07, 6.45) is 4.11. The van der Waals surface area contributed by atoms with Crippen LogP contribution in [0.4, 0.5) is 0 Å². The lowest BCUT2D eigenvalue weighted by Crippen LogP contribution is -2.58. The van der Waals surface area contributed by atoms with Gasteiger partial charge in [0, 0.05) is 31.5 Å². The fourth-order valence-corrected chi connectivity index (χ4v) is 5.15. The van der Waals surface area contributed by atoms with Gasteiger partial charge in [-0.25, -0.2) is 0 Å². The molecule has 0 radical (unpaired) electrons. The zero-order valence-corrected chi connectivity index (χ0v) is 14.7. The Labute approximate surface area is 131 Å². The second kappa shape index (κ2) is 6.60. The van der Waals surface area contributed by atoms with Gasteiger partial charge >= 0.3 is 0 Å². The highest BCUT2D eigenvalue weighted by atomic mass is 79.9. The van der Waals surface area contributed by atoms with Crippen molar-refractivity contribution in [2.24, 2.45) is 0 Å². The molecule has 2 rings (SSSR count). The second-order valence-electron chi connectivity index (χ2n) is 6.27. The van der Waals surface area contributed by atoms with Crippen molar-refractivity contribution in [2.75, 3.05) is 31.5 Å². The summed E-state index contributed by atoms with van der Waals surface area (Å²) in [6.45, 7) is 6.07. The number of ether oxygens (including phenoxy) is 1. The van der Waals surface area contributed by atoms with Gasteiger partial charge in [-0.3, -0.25) is 0 Å². The number of hydrogen-bond acceptors (Lipinski definition) is 3. The van der Waals surface area contributed by atoms with Gasteiger partial charge in [-0.1, -0.05) is 28.8 Å². The number of morpholine rings is 1. The maximum Gasteiger partial charge on any atom is 0.282 e. The van der Waals surface area contributed by atoms with Crippen molar-refractivity contribution in [2.45, 2.75) is 51.2 Å². The molecule has 0 bridgehead atoms. The van der Waals surface area contributed by atoms with Crippen LogP contribution in [0.15, 0.2) is 0 Å². The highest BCUT2D eigenvalue weighted by molar-refractivity contribution is 9.09. The summed E-state index contributed by atoms with van der Waals surface area (Å²) in [4.78, 5) is 0. The van der Waals surface area contributed by atoms with E-state index in [4.69, 9.17) is 4.74 Å². The Bertz CT molecular complexity index is 419. The smallest absolute Gasteiger partial charge is 0.282 e. The van der Waals surface area contributed by atoms with Gasteiger partial charge in [-0.15, -0.1) is 0 Å². The van der Waals surface area contributed by atoms with E-state index in [1.165, 1.54) is 0 Å². The van der Waals surface area contributed by atoms with Crippen LogP contribution in [-0.2, 0) is 14.9 Å². The Morgan fingerprint density at radius 2 is 1.75 bits per heavy atom. The summed E-state index contributed by atoms with van der Waals surface area (Å²) in [5.41, 5.74) is -0.435. The van der Waals surface area contributed by atoms with Gasteiger partial charge in [0.2, 0.25) is 0 Å². The van der Waals surface area contributed by atoms with E-state index in [9.17, 15) is 8.42 Å². The van der Waals surface area contributed by atoms with E-state index in [1.807, 2.05) is 13.8 Å². The number of rotatable bonds is 3. The molecule has 2 heterocycles. The molecule has 0 aliphatic carbocycles. The zero-order valence-electron chi connectivity index (χ0n) is 12.3. The fourth-order valence-electron chi connectivity index (χ4n) is 2.93. The molecule has 0 aromatic rings. The predicted molar refractivity (Wildman–Crippen MR) is 83.3 cm³/mol. The summed E-state index contributed by atoms with van der Waals surface area (Å²) in [6, 6.07) is 0. The Kier molecular flexibility index (Phi) is 5.51. The van der Waals surface area contributed by atoms with Crippen molar-refractivity contribution in [1.29, 1.82) is 0 Å². The molecule has 2 fully saturated rings. The monoisotopic (exact) mass is 368 g/mol. The molecule has 2 aliphatic rings. The minimum Gasteiger partial charge on any atom is -0.369 e. The summed E-state index contributed by atoms with van der Waals surface area (Å²) in [5, 5.41) is 0.655. The van der Waals surface area contributed by atoms with Gasteiger partial charge in [0.1, 0.15) is 0 Å². The molecule has 7 heteroatoms. The lowest BCUT2D eigenvalue weighted by Gasteiger charge is -2.43. The molecule has 0 aromatic heterocycles. The summed E-state index contributed by atoms with van der Waals surface area (Å²) in [7, 11) is -3.36. The molecule has 0 saturated carbocycles. The van der Waals surface area contributed by atoms with Crippen molar-refractivity contribution < 1.29 is 13.2 Å². The lowest BCUT2D eigenvalue weighted by atomic mass is 10.1. The van der Waals surface area contributed by atoms with Crippen LogP contribution in [0.5, 0.6) is 0 Å². The van der Waals surface area contributed by atoms with Crippen LogP contribution in [0.1, 0.15) is 39.5 Å². The minimum atomic E-state index is -3.36. The molecule has 0 N–H and O–H groups in total. The first kappa shape index (κ1) is 16.7. The van der Waals surface area contributed by atoms with Crippen LogP contribution in [0.2, 0.25) is 0 Å². The molecule has 0 amide bonds. The van der Waals surface area contributed by atoms with Crippen LogP contribution in [0.3, 0.4) is 0 Å². The quantitative estimate of drug-likeness (QED) is 0.715. The number of halogens is 1. The highest BCUT2D eigenvalue weighted by Crippen LogP contribution is 2.26. The largest absolute Gasteiger partial charge is 0.369 e. The minimum absolute atomic E-state index is 0.0829. The molecule has 5 nitrogen and oxygen atoms in total. The zero-order chi connectivity index (χ0) is 14.8. The van der Waals surface area contributed by atoms with E-state index >= 15 is 0 Å². The molecule has 1 unspecified atom stereocenters. The van der Waals surface area contributed by atoms with Gasteiger partial charge in [0.15, 0.2) is 0 Å². The maximum atomic E-state index is 12.8. The van der Waals surface area contributed by atoms with E-state index in [0.29, 0.717) is 31.5 Å². The molecule has 0 aromatic carbocycles. The molecule has 0 spiro atoms. The maximum absolute atomic E-state index is 12.8. The van der Waals surface area contributed by atoms with E-state index in [-0.39, 0.29) is 6.10 Å². The van der Waals surface area contributed by atoms with Crippen LogP contribution in [-0.4, -0.2) is 60.2 Å². The van der Waals surface area contributed by atoms with Crippen molar-refractivity contribution in [3.8, 4) is 0 Å². The highest BCUT2D eigenvalue weighted by Gasteiger charge is 2.40. The standard InChI is InChI=1S/C13H25BrN2O3S/c1-13(2)11-16(10-12(9-14)19-13)20(17,18)15-7-5-3-4-6-8-15/h12H,3-11H2,1-2H3. The average molecular weight is 369 g/mol. The topological polar surface area (TPSA) is 49.9 Å². The van der Waals surface area contributed by atoms with Gasteiger partial charge < -0.3 is 4.74 Å². The molecule has 20 heavy (non-hydrogen) atoms. The third-order valence-electron chi connectivity index (χ3n) is 3.84. The Morgan fingerprint density at radius 1 is 1.15 bits per heavy atom. The second-order valence-corrected chi connectivity index (χ2v) is 8.84. The first-order valence-corrected chi connectivity index (χ1v) is 9.86. The predicted octanol–water partition coefficient (Wildman–Crippen LogP) is 1.98. The molecule has 2 aliphatic heterocycles. The SMILES string of the molecule is CC1(C)CN(S(=O)(=O)N2CCCCCC2)CC(CBr)O1. The number of nitrogens with zero attached hydrogens (tertiary/aromatic N) is 2. The average Bonchev–Trinajstić information content (AvgIpc) is 2.66. The molecule has 2 saturated heterocycles. The van der Waals surface area contributed by atoms with Crippen LogP contribution < -0.4 is 0 Å². The van der Waals surface area contributed by atoms with Gasteiger partial charge in [-0.05, 0) is 26.7 Å². The molecular formula is C13H25BrN2O3S. The molecule has 1 atom stereocenters. The van der Waals surface area contributed by atoms with E-state index in [1.54, 1.807) is 8.61 Å². The van der Waals surface area contributed by atoms with Crippen molar-refractivity contribution >= 4 is 26.1 Å². The summed E-state index contributed by atoms with van der Waals surface area (Å²) in [5.74, 6) is 0.